The number of fused-ring (bicyclic) bond motifs is 1. The van der Waals surface area contributed by atoms with Gasteiger partial charge in [-0.15, -0.1) is 11.3 Å². The van der Waals surface area contributed by atoms with E-state index in [0.29, 0.717) is 6.04 Å². The molecule has 2 aromatic rings. The van der Waals surface area contributed by atoms with Crippen molar-refractivity contribution >= 4 is 11.3 Å². The Morgan fingerprint density at radius 3 is 2.85 bits per heavy atom. The van der Waals surface area contributed by atoms with E-state index in [-0.39, 0.29) is 0 Å². The van der Waals surface area contributed by atoms with Gasteiger partial charge in [0.05, 0.1) is 6.04 Å². The average molecular weight is 286 g/mol. The lowest BCUT2D eigenvalue weighted by molar-refractivity contribution is 0.636. The maximum absolute atomic E-state index is 4.36. The van der Waals surface area contributed by atoms with E-state index in [2.05, 4.69) is 36.3 Å². The predicted molar refractivity (Wildman–Crippen MR) is 85.5 cm³/mol. The van der Waals surface area contributed by atoms with Crippen molar-refractivity contribution < 1.29 is 0 Å². The quantitative estimate of drug-likeness (QED) is 0.918. The van der Waals surface area contributed by atoms with Gasteiger partial charge in [-0.3, -0.25) is 4.98 Å². The maximum Gasteiger partial charge on any atom is 0.0686 e. The van der Waals surface area contributed by atoms with Gasteiger partial charge in [-0.1, -0.05) is 13.0 Å². The highest BCUT2D eigenvalue weighted by molar-refractivity contribution is 7.12. The molecule has 1 atom stereocenters. The van der Waals surface area contributed by atoms with Crippen LogP contribution in [-0.4, -0.2) is 11.5 Å². The van der Waals surface area contributed by atoms with Crippen molar-refractivity contribution in [2.45, 2.75) is 45.6 Å². The summed E-state index contributed by atoms with van der Waals surface area (Å²) in [6.45, 7) is 5.25. The molecule has 1 N–H and O–H groups in total. The average Bonchev–Trinajstić information content (AvgIpc) is 2.88. The number of aryl methyl sites for hydroxylation is 3. The molecular formula is C17H22N2S. The van der Waals surface area contributed by atoms with E-state index >= 15 is 0 Å². The Balaban J connectivity index is 1.95. The van der Waals surface area contributed by atoms with Gasteiger partial charge in [0.2, 0.25) is 0 Å². The number of aromatic nitrogens is 1. The summed E-state index contributed by atoms with van der Waals surface area (Å²) in [5, 5.41) is 3.62. The molecule has 0 fully saturated rings. The fraction of sp³-hybridized carbons (Fsp3) is 0.471. The van der Waals surface area contributed by atoms with Crippen LogP contribution in [0.25, 0.3) is 0 Å². The van der Waals surface area contributed by atoms with Gasteiger partial charge in [0.15, 0.2) is 0 Å². The van der Waals surface area contributed by atoms with Crippen LogP contribution in [0.5, 0.6) is 0 Å². The number of thiophene rings is 1. The first-order valence-corrected chi connectivity index (χ1v) is 8.36. The third kappa shape index (κ3) is 2.79. The summed E-state index contributed by atoms with van der Waals surface area (Å²) in [7, 11) is 0. The molecule has 2 heterocycles. The van der Waals surface area contributed by atoms with E-state index in [1.165, 1.54) is 41.7 Å². The lowest BCUT2D eigenvalue weighted by atomic mass is 9.98. The zero-order valence-corrected chi connectivity index (χ0v) is 13.1. The van der Waals surface area contributed by atoms with Gasteiger partial charge >= 0.3 is 0 Å². The number of pyridine rings is 1. The zero-order valence-electron chi connectivity index (χ0n) is 12.3. The number of hydrogen-bond donors (Lipinski definition) is 1. The van der Waals surface area contributed by atoms with Crippen molar-refractivity contribution in [1.82, 2.24) is 10.3 Å². The van der Waals surface area contributed by atoms with Crippen LogP contribution in [0.15, 0.2) is 24.5 Å². The summed E-state index contributed by atoms with van der Waals surface area (Å²) >= 11 is 1.99. The fourth-order valence-electron chi connectivity index (χ4n) is 2.98. The standard InChI is InChI=1S/C17H22N2S/c1-3-19-17(14-8-12(2)10-18-11-14)16-9-13-6-4-5-7-15(13)20-16/h8-11,17,19H,3-7H2,1-2H3. The van der Waals surface area contributed by atoms with Crippen molar-refractivity contribution in [1.29, 1.82) is 0 Å². The van der Waals surface area contributed by atoms with Gasteiger partial charge in [-0.05, 0) is 61.9 Å². The highest BCUT2D eigenvalue weighted by atomic mass is 32.1. The smallest absolute Gasteiger partial charge is 0.0686 e. The second kappa shape index (κ2) is 6.06. The summed E-state index contributed by atoms with van der Waals surface area (Å²) in [5.41, 5.74) is 4.09. The SMILES string of the molecule is CCNC(c1cncc(C)c1)c1cc2c(s1)CCCC2. The first-order chi connectivity index (χ1) is 9.78. The van der Waals surface area contributed by atoms with Gasteiger partial charge in [-0.25, -0.2) is 0 Å². The molecule has 0 bridgehead atoms. The Labute approximate surface area is 125 Å². The number of nitrogens with zero attached hydrogens (tertiary/aromatic N) is 1. The van der Waals surface area contributed by atoms with E-state index in [4.69, 9.17) is 0 Å². The predicted octanol–water partition coefficient (Wildman–Crippen LogP) is 4.03. The van der Waals surface area contributed by atoms with Gasteiger partial charge in [0.1, 0.15) is 0 Å². The monoisotopic (exact) mass is 286 g/mol. The van der Waals surface area contributed by atoms with Gasteiger partial charge in [0, 0.05) is 22.1 Å². The molecule has 1 aliphatic rings. The van der Waals surface area contributed by atoms with E-state index < -0.39 is 0 Å². The summed E-state index contributed by atoms with van der Waals surface area (Å²) in [6.07, 6.45) is 9.15. The Bertz CT molecular complexity index is 565. The number of hydrogen-bond acceptors (Lipinski definition) is 3. The van der Waals surface area contributed by atoms with E-state index in [0.717, 1.165) is 6.54 Å². The molecule has 0 amide bonds. The zero-order chi connectivity index (χ0) is 13.9. The molecule has 20 heavy (non-hydrogen) atoms. The molecule has 3 heteroatoms. The Morgan fingerprint density at radius 2 is 2.10 bits per heavy atom. The van der Waals surface area contributed by atoms with E-state index in [1.54, 1.807) is 10.4 Å². The number of nitrogens with one attached hydrogen (secondary N) is 1. The first-order valence-electron chi connectivity index (χ1n) is 7.54. The van der Waals surface area contributed by atoms with Crippen LogP contribution in [0.1, 0.15) is 52.3 Å². The van der Waals surface area contributed by atoms with Crippen LogP contribution in [-0.2, 0) is 12.8 Å². The summed E-state index contributed by atoms with van der Waals surface area (Å²) in [4.78, 5) is 7.42. The maximum atomic E-state index is 4.36. The molecule has 2 aromatic heterocycles. The molecule has 0 aliphatic heterocycles. The van der Waals surface area contributed by atoms with Crippen molar-refractivity contribution in [2.24, 2.45) is 0 Å². The Kier molecular flexibility index (Phi) is 4.18. The minimum absolute atomic E-state index is 0.294. The van der Waals surface area contributed by atoms with Crippen molar-refractivity contribution in [3.63, 3.8) is 0 Å². The third-order valence-electron chi connectivity index (χ3n) is 3.94. The largest absolute Gasteiger partial charge is 0.306 e. The molecule has 0 saturated heterocycles. The molecule has 0 aromatic carbocycles. The molecule has 1 unspecified atom stereocenters. The molecule has 1 aliphatic carbocycles. The third-order valence-corrected chi connectivity index (χ3v) is 5.24. The van der Waals surface area contributed by atoms with E-state index in [9.17, 15) is 0 Å². The minimum atomic E-state index is 0.294. The summed E-state index contributed by atoms with van der Waals surface area (Å²) < 4.78 is 0. The summed E-state index contributed by atoms with van der Waals surface area (Å²) in [5.74, 6) is 0. The first kappa shape index (κ1) is 13.8. The normalized spacial score (nSPS) is 15.9. The Hall–Kier alpha value is -1.19. The highest BCUT2D eigenvalue weighted by Gasteiger charge is 2.20. The van der Waals surface area contributed by atoms with Gasteiger partial charge in [-0.2, -0.15) is 0 Å². The van der Waals surface area contributed by atoms with Crippen molar-refractivity contribution in [3.05, 3.63) is 51.0 Å². The molecule has 106 valence electrons. The minimum Gasteiger partial charge on any atom is -0.306 e. The highest BCUT2D eigenvalue weighted by Crippen LogP contribution is 2.35. The van der Waals surface area contributed by atoms with Crippen molar-refractivity contribution in [3.8, 4) is 0 Å². The van der Waals surface area contributed by atoms with Crippen LogP contribution >= 0.6 is 11.3 Å². The molecular weight excluding hydrogens is 264 g/mol. The van der Waals surface area contributed by atoms with Crippen LogP contribution in [0.3, 0.4) is 0 Å². The molecule has 0 saturated carbocycles. The molecule has 0 spiro atoms. The second-order valence-electron chi connectivity index (χ2n) is 5.59. The fourth-order valence-corrected chi connectivity index (χ4v) is 4.34. The van der Waals surface area contributed by atoms with Crippen molar-refractivity contribution in [2.75, 3.05) is 6.54 Å². The van der Waals surface area contributed by atoms with Crippen LogP contribution < -0.4 is 5.32 Å². The number of rotatable bonds is 4. The van der Waals surface area contributed by atoms with Crippen LogP contribution in [0, 0.1) is 6.92 Å². The molecule has 0 radical (unpaired) electrons. The van der Waals surface area contributed by atoms with E-state index in [1.807, 2.05) is 23.7 Å². The summed E-state index contributed by atoms with van der Waals surface area (Å²) in [6, 6.07) is 4.97. The topological polar surface area (TPSA) is 24.9 Å². The lowest BCUT2D eigenvalue weighted by Crippen LogP contribution is -2.21. The lowest BCUT2D eigenvalue weighted by Gasteiger charge is -2.17. The molecule has 2 nitrogen and oxygen atoms in total. The van der Waals surface area contributed by atoms with Gasteiger partial charge < -0.3 is 5.32 Å². The molecule has 3 rings (SSSR count). The van der Waals surface area contributed by atoms with Crippen LogP contribution in [0.4, 0.5) is 0 Å². The van der Waals surface area contributed by atoms with Crippen LogP contribution in [0.2, 0.25) is 0 Å². The Morgan fingerprint density at radius 1 is 1.25 bits per heavy atom. The van der Waals surface area contributed by atoms with Gasteiger partial charge in [0.25, 0.3) is 0 Å². The second-order valence-corrected chi connectivity index (χ2v) is 6.76.